The van der Waals surface area contributed by atoms with E-state index in [-0.39, 0.29) is 11.9 Å². The normalized spacial score (nSPS) is 19.4. The molecular weight excluding hydrogens is 252 g/mol. The highest BCUT2D eigenvalue weighted by Crippen LogP contribution is 2.16. The fourth-order valence-corrected chi connectivity index (χ4v) is 3.19. The lowest BCUT2D eigenvalue weighted by molar-refractivity contribution is 0.127. The van der Waals surface area contributed by atoms with Crippen LogP contribution in [0.15, 0.2) is 24.3 Å². The van der Waals surface area contributed by atoms with Crippen molar-refractivity contribution >= 4 is 15.7 Å². The van der Waals surface area contributed by atoms with E-state index in [2.05, 4.69) is 4.72 Å². The minimum absolute atomic E-state index is 0.0208. The molecule has 2 rings (SSSR count). The van der Waals surface area contributed by atoms with Crippen molar-refractivity contribution in [3.63, 3.8) is 0 Å². The summed E-state index contributed by atoms with van der Waals surface area (Å²) in [6, 6.07) is 8.28. The number of ether oxygens (including phenoxy) is 1. The molecular formula is C12H14N2O3S. The molecule has 0 aromatic heterocycles. The van der Waals surface area contributed by atoms with Crippen molar-refractivity contribution in [2.24, 2.45) is 0 Å². The van der Waals surface area contributed by atoms with Crippen molar-refractivity contribution in [2.75, 3.05) is 17.1 Å². The molecule has 0 radical (unpaired) electrons. The highest BCUT2D eigenvalue weighted by Gasteiger charge is 2.23. The zero-order chi connectivity index (χ0) is 13.0. The van der Waals surface area contributed by atoms with Crippen molar-refractivity contribution in [1.82, 2.24) is 0 Å². The summed E-state index contributed by atoms with van der Waals surface area (Å²) < 4.78 is 31.5. The minimum atomic E-state index is -3.40. The molecule has 1 aliphatic heterocycles. The molecule has 1 atom stereocenters. The van der Waals surface area contributed by atoms with Gasteiger partial charge in [-0.1, -0.05) is 0 Å². The van der Waals surface area contributed by atoms with Gasteiger partial charge < -0.3 is 4.74 Å². The lowest BCUT2D eigenvalue weighted by Crippen LogP contribution is -2.25. The summed E-state index contributed by atoms with van der Waals surface area (Å²) in [6.07, 6.45) is 1.49. The van der Waals surface area contributed by atoms with Gasteiger partial charge in [-0.25, -0.2) is 8.42 Å². The summed E-state index contributed by atoms with van der Waals surface area (Å²) in [4.78, 5) is 0. The Balaban J connectivity index is 2.00. The van der Waals surface area contributed by atoms with Gasteiger partial charge in [-0.3, -0.25) is 4.72 Å². The third-order valence-corrected chi connectivity index (χ3v) is 4.07. The lowest BCUT2D eigenvalue weighted by Gasteiger charge is -2.12. The van der Waals surface area contributed by atoms with Crippen LogP contribution in [0, 0.1) is 11.3 Å². The van der Waals surface area contributed by atoms with E-state index in [4.69, 9.17) is 10.00 Å². The van der Waals surface area contributed by atoms with Gasteiger partial charge in [0.05, 0.1) is 23.5 Å². The molecule has 1 aromatic rings. The van der Waals surface area contributed by atoms with Gasteiger partial charge in [-0.2, -0.15) is 5.26 Å². The van der Waals surface area contributed by atoms with Crippen molar-refractivity contribution in [3.05, 3.63) is 29.8 Å². The van der Waals surface area contributed by atoms with E-state index >= 15 is 0 Å². The first-order chi connectivity index (χ1) is 8.59. The molecule has 0 amide bonds. The molecule has 0 saturated carbocycles. The summed E-state index contributed by atoms with van der Waals surface area (Å²) in [5.41, 5.74) is 0.962. The molecule has 0 bridgehead atoms. The lowest BCUT2D eigenvalue weighted by atomic mass is 10.2. The molecule has 18 heavy (non-hydrogen) atoms. The zero-order valence-corrected chi connectivity index (χ0v) is 10.6. The third-order valence-electron chi connectivity index (χ3n) is 2.72. The summed E-state index contributed by atoms with van der Waals surface area (Å²) in [7, 11) is -3.40. The fourth-order valence-electron chi connectivity index (χ4n) is 1.85. The molecule has 1 fully saturated rings. The van der Waals surface area contributed by atoms with Crippen LogP contribution in [0.25, 0.3) is 0 Å². The Bertz CT molecular complexity index is 540. The third kappa shape index (κ3) is 3.45. The predicted octanol–water partition coefficient (Wildman–Crippen LogP) is 1.48. The van der Waals surface area contributed by atoms with Crippen molar-refractivity contribution < 1.29 is 13.2 Å². The van der Waals surface area contributed by atoms with Gasteiger partial charge in [0.15, 0.2) is 0 Å². The second-order valence-corrected chi connectivity index (χ2v) is 5.97. The highest BCUT2D eigenvalue weighted by molar-refractivity contribution is 7.92. The van der Waals surface area contributed by atoms with Crippen LogP contribution in [0.1, 0.15) is 18.4 Å². The van der Waals surface area contributed by atoms with Gasteiger partial charge in [-0.05, 0) is 37.1 Å². The molecule has 0 aliphatic carbocycles. The maximum atomic E-state index is 11.9. The molecule has 0 spiro atoms. The van der Waals surface area contributed by atoms with Crippen LogP contribution in [0.5, 0.6) is 0 Å². The van der Waals surface area contributed by atoms with Crippen molar-refractivity contribution in [1.29, 1.82) is 5.26 Å². The number of nitrogens with one attached hydrogen (secondary N) is 1. The predicted molar refractivity (Wildman–Crippen MR) is 67.5 cm³/mol. The second kappa shape index (κ2) is 5.38. The van der Waals surface area contributed by atoms with Gasteiger partial charge in [0.2, 0.25) is 10.0 Å². The molecule has 1 aromatic carbocycles. The average Bonchev–Trinajstić information content (AvgIpc) is 2.81. The largest absolute Gasteiger partial charge is 0.377 e. The fraction of sp³-hybridized carbons (Fsp3) is 0.417. The summed E-state index contributed by atoms with van der Waals surface area (Å²) in [6.45, 7) is 0.636. The van der Waals surface area contributed by atoms with Gasteiger partial charge in [-0.15, -0.1) is 0 Å². The molecule has 96 valence electrons. The maximum absolute atomic E-state index is 11.9. The Kier molecular flexibility index (Phi) is 3.84. The Labute approximate surface area is 106 Å². The molecule has 1 saturated heterocycles. The van der Waals surface area contributed by atoms with Gasteiger partial charge >= 0.3 is 0 Å². The number of anilines is 1. The standard InChI is InChI=1S/C12H14N2O3S/c13-8-10-3-5-11(6-4-10)14-18(15,16)9-12-2-1-7-17-12/h3-6,12,14H,1-2,7,9H2. The highest BCUT2D eigenvalue weighted by atomic mass is 32.2. The van der Waals surface area contributed by atoms with Gasteiger partial charge in [0.25, 0.3) is 0 Å². The quantitative estimate of drug-likeness (QED) is 0.895. The minimum Gasteiger partial charge on any atom is -0.377 e. The molecule has 1 unspecified atom stereocenters. The van der Waals surface area contributed by atoms with Crippen molar-refractivity contribution in [3.8, 4) is 6.07 Å². The number of benzene rings is 1. The Morgan fingerprint density at radius 3 is 2.67 bits per heavy atom. The monoisotopic (exact) mass is 266 g/mol. The van der Waals surface area contributed by atoms with E-state index in [0.29, 0.717) is 17.9 Å². The van der Waals surface area contributed by atoms with Gasteiger partial charge in [0, 0.05) is 12.3 Å². The zero-order valence-electron chi connectivity index (χ0n) is 9.80. The van der Waals surface area contributed by atoms with Crippen LogP contribution in [0.4, 0.5) is 5.69 Å². The van der Waals surface area contributed by atoms with E-state index in [1.54, 1.807) is 24.3 Å². The van der Waals surface area contributed by atoms with Crippen LogP contribution in [0.2, 0.25) is 0 Å². The molecule has 1 N–H and O–H groups in total. The Hall–Kier alpha value is -1.58. The number of rotatable bonds is 4. The first kappa shape index (κ1) is 12.9. The molecule has 6 heteroatoms. The van der Waals surface area contributed by atoms with E-state index in [1.165, 1.54) is 0 Å². The topological polar surface area (TPSA) is 79.2 Å². The molecule has 1 heterocycles. The Morgan fingerprint density at radius 1 is 1.39 bits per heavy atom. The second-order valence-electron chi connectivity index (χ2n) is 4.21. The summed E-state index contributed by atoms with van der Waals surface area (Å²) >= 11 is 0. The van der Waals surface area contributed by atoms with Crippen molar-refractivity contribution in [2.45, 2.75) is 18.9 Å². The van der Waals surface area contributed by atoms with Crippen LogP contribution >= 0.6 is 0 Å². The number of hydrogen-bond acceptors (Lipinski definition) is 4. The van der Waals surface area contributed by atoms with E-state index in [1.807, 2.05) is 6.07 Å². The van der Waals surface area contributed by atoms with Crippen LogP contribution in [0.3, 0.4) is 0 Å². The first-order valence-corrected chi connectivity index (χ1v) is 7.36. The van der Waals surface area contributed by atoms with E-state index < -0.39 is 10.0 Å². The maximum Gasteiger partial charge on any atom is 0.235 e. The van der Waals surface area contributed by atoms with E-state index in [9.17, 15) is 8.42 Å². The number of sulfonamides is 1. The first-order valence-electron chi connectivity index (χ1n) is 5.71. The van der Waals surface area contributed by atoms with Crippen LogP contribution < -0.4 is 4.72 Å². The van der Waals surface area contributed by atoms with Crippen LogP contribution in [-0.4, -0.2) is 26.9 Å². The summed E-state index contributed by atoms with van der Waals surface area (Å²) in [5, 5.41) is 8.65. The SMILES string of the molecule is N#Cc1ccc(NS(=O)(=O)CC2CCCO2)cc1. The Morgan fingerprint density at radius 2 is 2.11 bits per heavy atom. The average molecular weight is 266 g/mol. The van der Waals surface area contributed by atoms with E-state index in [0.717, 1.165) is 12.8 Å². The molecule has 1 aliphatic rings. The number of nitrogens with zero attached hydrogens (tertiary/aromatic N) is 1. The number of nitriles is 1. The van der Waals surface area contributed by atoms with Gasteiger partial charge in [0.1, 0.15) is 0 Å². The van der Waals surface area contributed by atoms with Crippen LogP contribution in [-0.2, 0) is 14.8 Å². The molecule has 5 nitrogen and oxygen atoms in total. The number of hydrogen-bond donors (Lipinski definition) is 1. The summed E-state index contributed by atoms with van der Waals surface area (Å²) in [5.74, 6) is -0.0208. The smallest absolute Gasteiger partial charge is 0.235 e.